The topological polar surface area (TPSA) is 74.7 Å². The number of oxime groups is 1. The molecule has 6 heteroatoms. The lowest BCUT2D eigenvalue weighted by Crippen LogP contribution is -2.18. The van der Waals surface area contributed by atoms with Crippen LogP contribution in [0.15, 0.2) is 41.7 Å². The van der Waals surface area contributed by atoms with E-state index >= 15 is 0 Å². The Morgan fingerprint density at radius 3 is 2.70 bits per heavy atom. The Morgan fingerprint density at radius 2 is 2.05 bits per heavy atom. The number of nitrogens with two attached hydrogens (primary N) is 1. The second kappa shape index (κ2) is 5.79. The Labute approximate surface area is 122 Å². The Bertz CT molecular complexity index is 657. The number of hydrogen-bond acceptors (Lipinski definition) is 4. The van der Waals surface area contributed by atoms with Crippen LogP contribution in [0.3, 0.4) is 0 Å². The molecule has 0 saturated carbocycles. The van der Waals surface area contributed by atoms with Gasteiger partial charge in [-0.15, -0.1) is 0 Å². The van der Waals surface area contributed by atoms with Crippen LogP contribution in [-0.4, -0.2) is 23.1 Å². The molecule has 104 valence electrons. The summed E-state index contributed by atoms with van der Waals surface area (Å²) in [6.45, 7) is 2.01. The van der Waals surface area contributed by atoms with Gasteiger partial charge in [-0.05, 0) is 24.6 Å². The number of halogens is 1. The fraction of sp³-hybridized carbons (Fsp3) is 0.143. The fourth-order valence-electron chi connectivity index (χ4n) is 1.97. The number of aryl methyl sites for hydroxylation is 1. The molecule has 0 aliphatic heterocycles. The second-order valence-electron chi connectivity index (χ2n) is 4.33. The van der Waals surface area contributed by atoms with Gasteiger partial charge in [-0.2, -0.15) is 0 Å². The number of aromatic nitrogens is 1. The van der Waals surface area contributed by atoms with Gasteiger partial charge >= 0.3 is 0 Å². The Hall–Kier alpha value is -2.27. The summed E-state index contributed by atoms with van der Waals surface area (Å²) in [5.41, 5.74) is 8.13. The van der Waals surface area contributed by atoms with E-state index in [0.29, 0.717) is 16.4 Å². The minimum absolute atomic E-state index is 0.0446. The number of nitrogens with zero attached hydrogens (tertiary/aromatic N) is 3. The van der Waals surface area contributed by atoms with E-state index in [1.807, 2.05) is 43.1 Å². The van der Waals surface area contributed by atoms with Gasteiger partial charge in [0.05, 0.1) is 5.02 Å². The molecule has 2 rings (SSSR count). The van der Waals surface area contributed by atoms with Gasteiger partial charge in [-0.3, -0.25) is 0 Å². The molecular weight excluding hydrogens is 276 g/mol. The van der Waals surface area contributed by atoms with Crippen molar-refractivity contribution in [1.29, 1.82) is 0 Å². The number of anilines is 2. The van der Waals surface area contributed by atoms with Crippen LogP contribution >= 0.6 is 11.6 Å². The lowest BCUT2D eigenvalue weighted by molar-refractivity contribution is 0.318. The van der Waals surface area contributed by atoms with E-state index in [4.69, 9.17) is 22.5 Å². The molecule has 3 N–H and O–H groups in total. The number of rotatable bonds is 3. The molecule has 5 nitrogen and oxygen atoms in total. The van der Waals surface area contributed by atoms with Crippen molar-refractivity contribution in [2.24, 2.45) is 10.9 Å². The number of para-hydroxylation sites is 1. The third-order valence-corrected chi connectivity index (χ3v) is 3.42. The van der Waals surface area contributed by atoms with Crippen molar-refractivity contribution in [2.45, 2.75) is 6.92 Å². The summed E-state index contributed by atoms with van der Waals surface area (Å²) in [6, 6.07) is 9.50. The molecule has 0 spiro atoms. The lowest BCUT2D eigenvalue weighted by Gasteiger charge is -2.22. The van der Waals surface area contributed by atoms with Crippen molar-refractivity contribution < 1.29 is 5.21 Å². The first-order chi connectivity index (χ1) is 9.56. The maximum Gasteiger partial charge on any atom is 0.171 e. The molecule has 20 heavy (non-hydrogen) atoms. The molecule has 2 aromatic rings. The minimum atomic E-state index is -0.0446. The molecule has 1 aromatic carbocycles. The minimum Gasteiger partial charge on any atom is -0.409 e. The largest absolute Gasteiger partial charge is 0.409 e. The highest BCUT2D eigenvalue weighted by atomic mass is 35.5. The SMILES string of the molecule is Cc1ccccc1N(C)c1nccc(/C(N)=N/O)c1Cl. The van der Waals surface area contributed by atoms with Gasteiger partial charge in [0.2, 0.25) is 0 Å². The smallest absolute Gasteiger partial charge is 0.171 e. The first-order valence-electron chi connectivity index (χ1n) is 5.98. The van der Waals surface area contributed by atoms with Crippen molar-refractivity contribution in [2.75, 3.05) is 11.9 Å². The molecule has 0 aliphatic rings. The number of benzene rings is 1. The fourth-order valence-corrected chi connectivity index (χ4v) is 2.31. The van der Waals surface area contributed by atoms with E-state index in [0.717, 1.165) is 11.3 Å². The number of pyridine rings is 1. The second-order valence-corrected chi connectivity index (χ2v) is 4.70. The van der Waals surface area contributed by atoms with Gasteiger partial charge in [-0.25, -0.2) is 4.98 Å². The summed E-state index contributed by atoms with van der Waals surface area (Å²) in [5, 5.41) is 12.1. The average Bonchev–Trinajstić information content (AvgIpc) is 2.46. The summed E-state index contributed by atoms with van der Waals surface area (Å²) in [7, 11) is 1.87. The monoisotopic (exact) mass is 290 g/mol. The standard InChI is InChI=1S/C14H15ClN4O/c1-9-5-3-4-6-11(9)19(2)14-12(15)10(7-8-17-14)13(16)18-20/h3-8,20H,1-2H3,(H2,16,18). The molecule has 0 unspecified atom stereocenters. The van der Waals surface area contributed by atoms with Crippen LogP contribution in [0.5, 0.6) is 0 Å². The molecule has 0 saturated heterocycles. The van der Waals surface area contributed by atoms with E-state index in [-0.39, 0.29) is 5.84 Å². The van der Waals surface area contributed by atoms with Crippen LogP contribution < -0.4 is 10.6 Å². The van der Waals surface area contributed by atoms with Gasteiger partial charge in [0, 0.05) is 24.5 Å². The van der Waals surface area contributed by atoms with E-state index < -0.39 is 0 Å². The van der Waals surface area contributed by atoms with Crippen LogP contribution in [0.2, 0.25) is 5.02 Å². The van der Waals surface area contributed by atoms with Gasteiger partial charge in [-0.1, -0.05) is 35.0 Å². The van der Waals surface area contributed by atoms with Crippen LogP contribution in [0.1, 0.15) is 11.1 Å². The summed E-state index contributed by atoms with van der Waals surface area (Å²) >= 11 is 6.30. The first kappa shape index (κ1) is 14.1. The maximum absolute atomic E-state index is 8.77. The van der Waals surface area contributed by atoms with Crippen LogP contribution in [0, 0.1) is 6.92 Å². The number of hydrogen-bond donors (Lipinski definition) is 2. The molecule has 0 bridgehead atoms. The lowest BCUT2D eigenvalue weighted by atomic mass is 10.1. The quantitative estimate of drug-likeness (QED) is 0.394. The van der Waals surface area contributed by atoms with Crippen LogP contribution in [0.25, 0.3) is 0 Å². The summed E-state index contributed by atoms with van der Waals surface area (Å²) in [4.78, 5) is 6.14. The molecule has 1 aromatic heterocycles. The van der Waals surface area contributed by atoms with Crippen LogP contribution in [0.4, 0.5) is 11.5 Å². The van der Waals surface area contributed by atoms with Gasteiger partial charge in [0.25, 0.3) is 0 Å². The maximum atomic E-state index is 8.77. The van der Waals surface area contributed by atoms with Crippen LogP contribution in [-0.2, 0) is 0 Å². The Kier molecular flexibility index (Phi) is 4.10. The van der Waals surface area contributed by atoms with Gasteiger partial charge < -0.3 is 15.8 Å². The van der Waals surface area contributed by atoms with E-state index in [9.17, 15) is 0 Å². The molecule has 1 heterocycles. The zero-order valence-electron chi connectivity index (χ0n) is 11.2. The third kappa shape index (κ3) is 2.53. The summed E-state index contributed by atoms with van der Waals surface area (Å²) in [5.74, 6) is 0.502. The van der Waals surface area contributed by atoms with Crippen molar-refractivity contribution in [3.05, 3.63) is 52.7 Å². The molecule has 0 aliphatic carbocycles. The molecule has 0 radical (unpaired) electrons. The zero-order chi connectivity index (χ0) is 14.7. The highest BCUT2D eigenvalue weighted by Crippen LogP contribution is 2.32. The molecule has 0 amide bonds. The highest BCUT2D eigenvalue weighted by molar-refractivity contribution is 6.36. The van der Waals surface area contributed by atoms with E-state index in [1.165, 1.54) is 0 Å². The van der Waals surface area contributed by atoms with Crippen molar-refractivity contribution in [1.82, 2.24) is 4.98 Å². The van der Waals surface area contributed by atoms with E-state index in [1.54, 1.807) is 12.3 Å². The predicted molar refractivity (Wildman–Crippen MR) is 81.0 cm³/mol. The molecule has 0 atom stereocenters. The van der Waals surface area contributed by atoms with Crippen molar-refractivity contribution >= 4 is 28.9 Å². The van der Waals surface area contributed by atoms with E-state index in [2.05, 4.69) is 10.1 Å². The zero-order valence-corrected chi connectivity index (χ0v) is 12.0. The normalized spacial score (nSPS) is 11.4. The van der Waals surface area contributed by atoms with Crippen molar-refractivity contribution in [3.8, 4) is 0 Å². The molecule has 0 fully saturated rings. The first-order valence-corrected chi connectivity index (χ1v) is 6.35. The summed E-state index contributed by atoms with van der Waals surface area (Å²) < 4.78 is 0. The Balaban J connectivity index is 2.51. The van der Waals surface area contributed by atoms with Gasteiger partial charge in [0.15, 0.2) is 11.7 Å². The predicted octanol–water partition coefficient (Wildman–Crippen LogP) is 2.91. The Morgan fingerprint density at radius 1 is 1.35 bits per heavy atom. The third-order valence-electron chi connectivity index (χ3n) is 3.05. The highest BCUT2D eigenvalue weighted by Gasteiger charge is 2.16. The average molecular weight is 291 g/mol. The summed E-state index contributed by atoms with van der Waals surface area (Å²) in [6.07, 6.45) is 1.57. The number of amidine groups is 1. The van der Waals surface area contributed by atoms with Gasteiger partial charge in [0.1, 0.15) is 0 Å². The van der Waals surface area contributed by atoms with Crippen molar-refractivity contribution in [3.63, 3.8) is 0 Å². The molecular formula is C14H15ClN4O.